The Morgan fingerprint density at radius 2 is 2.33 bits per heavy atom. The summed E-state index contributed by atoms with van der Waals surface area (Å²) in [5.41, 5.74) is 0.409. The first-order chi connectivity index (χ1) is 10.2. The summed E-state index contributed by atoms with van der Waals surface area (Å²) in [5, 5.41) is 7.64. The lowest BCUT2D eigenvalue weighted by atomic mass is 10.0. The minimum Gasteiger partial charge on any atom is -0.339 e. The predicted molar refractivity (Wildman–Crippen MR) is 77.8 cm³/mol. The van der Waals surface area contributed by atoms with Crippen LogP contribution in [0, 0.1) is 11.7 Å². The fourth-order valence-electron chi connectivity index (χ4n) is 2.61. The molecule has 112 valence electrons. The summed E-state index contributed by atoms with van der Waals surface area (Å²) in [6.07, 6.45) is 3.26. The fourth-order valence-corrected chi connectivity index (χ4v) is 2.84. The standard InChI is InChI=1S/C15H17ClFN3O/c16-12-2-1-3-13(17)11(12)8-14-19-15(21-20-14)5-4-10-6-7-18-9-10/h1-3,10,18H,4-9H2. The van der Waals surface area contributed by atoms with E-state index in [1.54, 1.807) is 12.1 Å². The summed E-state index contributed by atoms with van der Waals surface area (Å²) >= 11 is 6.00. The maximum absolute atomic E-state index is 13.7. The van der Waals surface area contributed by atoms with Crippen molar-refractivity contribution < 1.29 is 8.91 Å². The number of nitrogens with zero attached hydrogens (tertiary/aromatic N) is 2. The quantitative estimate of drug-likeness (QED) is 0.922. The highest BCUT2D eigenvalue weighted by Gasteiger charge is 2.17. The molecule has 3 rings (SSSR count). The maximum atomic E-state index is 13.7. The molecule has 0 saturated carbocycles. The van der Waals surface area contributed by atoms with E-state index in [0.717, 1.165) is 25.9 Å². The van der Waals surface area contributed by atoms with Crippen molar-refractivity contribution in [3.63, 3.8) is 0 Å². The lowest BCUT2D eigenvalue weighted by Crippen LogP contribution is -2.09. The predicted octanol–water partition coefficient (Wildman–Crippen LogP) is 3.00. The van der Waals surface area contributed by atoms with E-state index < -0.39 is 0 Å². The zero-order valence-electron chi connectivity index (χ0n) is 11.6. The number of hydrogen-bond donors (Lipinski definition) is 1. The Labute approximate surface area is 127 Å². The average Bonchev–Trinajstić information content (AvgIpc) is 3.12. The Kier molecular flexibility index (Phi) is 4.51. The summed E-state index contributed by atoms with van der Waals surface area (Å²) in [7, 11) is 0. The number of aryl methyl sites for hydroxylation is 1. The molecule has 0 spiro atoms. The highest BCUT2D eigenvalue weighted by atomic mass is 35.5. The van der Waals surface area contributed by atoms with Crippen LogP contribution < -0.4 is 5.32 Å². The van der Waals surface area contributed by atoms with Gasteiger partial charge >= 0.3 is 0 Å². The number of nitrogens with one attached hydrogen (secondary N) is 1. The number of hydrogen-bond acceptors (Lipinski definition) is 4. The average molecular weight is 310 g/mol. The summed E-state index contributed by atoms with van der Waals surface area (Å²) in [6.45, 7) is 2.15. The SMILES string of the molecule is Fc1cccc(Cl)c1Cc1noc(CCC2CCNC2)n1. The van der Waals surface area contributed by atoms with E-state index in [9.17, 15) is 4.39 Å². The second-order valence-corrected chi connectivity index (χ2v) is 5.79. The largest absolute Gasteiger partial charge is 0.339 e. The second kappa shape index (κ2) is 6.54. The highest BCUT2D eigenvalue weighted by Crippen LogP contribution is 2.21. The number of halogens is 2. The fraction of sp³-hybridized carbons (Fsp3) is 0.467. The molecule has 0 amide bonds. The van der Waals surface area contributed by atoms with Crippen molar-refractivity contribution in [3.05, 3.63) is 46.3 Å². The van der Waals surface area contributed by atoms with Crippen LogP contribution in [0.2, 0.25) is 5.02 Å². The molecule has 1 aromatic heterocycles. The Bertz CT molecular complexity index is 590. The first kappa shape index (κ1) is 14.5. The van der Waals surface area contributed by atoms with E-state index in [4.69, 9.17) is 16.1 Å². The summed E-state index contributed by atoms with van der Waals surface area (Å²) in [5.74, 6) is 1.43. The Morgan fingerprint density at radius 1 is 1.43 bits per heavy atom. The topological polar surface area (TPSA) is 51.0 Å². The van der Waals surface area contributed by atoms with Crippen LogP contribution in [0.3, 0.4) is 0 Å². The van der Waals surface area contributed by atoms with Crippen LogP contribution in [-0.2, 0) is 12.8 Å². The molecule has 1 saturated heterocycles. The Hall–Kier alpha value is -1.46. The maximum Gasteiger partial charge on any atom is 0.226 e. The molecule has 0 radical (unpaired) electrons. The van der Waals surface area contributed by atoms with Crippen LogP contribution in [0.4, 0.5) is 4.39 Å². The van der Waals surface area contributed by atoms with Crippen molar-refractivity contribution in [3.8, 4) is 0 Å². The molecule has 1 aliphatic heterocycles. The third kappa shape index (κ3) is 3.60. The van der Waals surface area contributed by atoms with Crippen molar-refractivity contribution in [2.24, 2.45) is 5.92 Å². The van der Waals surface area contributed by atoms with E-state index in [1.165, 1.54) is 12.5 Å². The third-order valence-corrected chi connectivity index (χ3v) is 4.19. The molecule has 1 aliphatic rings. The smallest absolute Gasteiger partial charge is 0.226 e. The number of benzene rings is 1. The van der Waals surface area contributed by atoms with Crippen molar-refractivity contribution in [1.82, 2.24) is 15.5 Å². The first-order valence-electron chi connectivity index (χ1n) is 7.17. The summed E-state index contributed by atoms with van der Waals surface area (Å²) in [4.78, 5) is 4.33. The van der Waals surface area contributed by atoms with E-state index >= 15 is 0 Å². The van der Waals surface area contributed by atoms with Gasteiger partial charge in [-0.3, -0.25) is 0 Å². The molecule has 0 aliphatic carbocycles. The van der Waals surface area contributed by atoms with Crippen molar-refractivity contribution in [1.29, 1.82) is 0 Å². The first-order valence-corrected chi connectivity index (χ1v) is 7.55. The van der Waals surface area contributed by atoms with Gasteiger partial charge in [-0.25, -0.2) is 4.39 Å². The minimum absolute atomic E-state index is 0.250. The van der Waals surface area contributed by atoms with Gasteiger partial charge in [0, 0.05) is 23.4 Å². The molecular formula is C15H17ClFN3O. The Morgan fingerprint density at radius 3 is 3.10 bits per heavy atom. The molecular weight excluding hydrogens is 293 g/mol. The molecule has 2 aromatic rings. The third-order valence-electron chi connectivity index (χ3n) is 3.84. The van der Waals surface area contributed by atoms with E-state index in [2.05, 4.69) is 15.5 Å². The van der Waals surface area contributed by atoms with Crippen LogP contribution in [0.15, 0.2) is 22.7 Å². The lowest BCUT2D eigenvalue weighted by Gasteiger charge is -2.04. The van der Waals surface area contributed by atoms with E-state index in [0.29, 0.717) is 28.2 Å². The molecule has 6 heteroatoms. The van der Waals surface area contributed by atoms with Crippen molar-refractivity contribution in [2.75, 3.05) is 13.1 Å². The minimum atomic E-state index is -0.342. The van der Waals surface area contributed by atoms with Crippen molar-refractivity contribution in [2.45, 2.75) is 25.7 Å². The van der Waals surface area contributed by atoms with Gasteiger partial charge in [-0.1, -0.05) is 22.8 Å². The normalized spacial score (nSPS) is 18.3. The zero-order valence-corrected chi connectivity index (χ0v) is 12.4. The van der Waals surface area contributed by atoms with Crippen molar-refractivity contribution >= 4 is 11.6 Å². The molecule has 21 heavy (non-hydrogen) atoms. The monoisotopic (exact) mass is 309 g/mol. The Balaban J connectivity index is 1.62. The van der Waals surface area contributed by atoms with Gasteiger partial charge in [0.05, 0.1) is 0 Å². The van der Waals surface area contributed by atoms with Gasteiger partial charge < -0.3 is 9.84 Å². The van der Waals surface area contributed by atoms with Gasteiger partial charge in [-0.15, -0.1) is 0 Å². The van der Waals surface area contributed by atoms with Gasteiger partial charge in [0.1, 0.15) is 5.82 Å². The second-order valence-electron chi connectivity index (χ2n) is 5.38. The summed E-state index contributed by atoms with van der Waals surface area (Å²) < 4.78 is 18.9. The molecule has 1 aromatic carbocycles. The molecule has 4 nitrogen and oxygen atoms in total. The van der Waals surface area contributed by atoms with Crippen LogP contribution in [0.1, 0.15) is 30.1 Å². The number of aromatic nitrogens is 2. The van der Waals surface area contributed by atoms with Gasteiger partial charge in [-0.2, -0.15) is 4.98 Å². The molecule has 1 atom stereocenters. The molecule has 1 N–H and O–H groups in total. The summed E-state index contributed by atoms with van der Waals surface area (Å²) in [6, 6.07) is 4.63. The van der Waals surface area contributed by atoms with Crippen LogP contribution >= 0.6 is 11.6 Å². The van der Waals surface area contributed by atoms with Gasteiger partial charge in [0.15, 0.2) is 5.82 Å². The van der Waals surface area contributed by atoms with Crippen LogP contribution in [0.25, 0.3) is 0 Å². The van der Waals surface area contributed by atoms with Crippen LogP contribution in [0.5, 0.6) is 0 Å². The molecule has 0 bridgehead atoms. The molecule has 2 heterocycles. The van der Waals surface area contributed by atoms with Gasteiger partial charge in [0.2, 0.25) is 5.89 Å². The molecule has 1 unspecified atom stereocenters. The number of rotatable bonds is 5. The van der Waals surface area contributed by atoms with Gasteiger partial charge in [-0.05, 0) is 44.0 Å². The van der Waals surface area contributed by atoms with E-state index in [1.807, 2.05) is 0 Å². The van der Waals surface area contributed by atoms with Gasteiger partial charge in [0.25, 0.3) is 0 Å². The van der Waals surface area contributed by atoms with Crippen LogP contribution in [-0.4, -0.2) is 23.2 Å². The highest BCUT2D eigenvalue weighted by molar-refractivity contribution is 6.31. The van der Waals surface area contributed by atoms with E-state index in [-0.39, 0.29) is 12.2 Å². The molecule has 1 fully saturated rings. The zero-order chi connectivity index (χ0) is 14.7. The lowest BCUT2D eigenvalue weighted by molar-refractivity contribution is 0.361.